The van der Waals surface area contributed by atoms with Crippen LogP contribution in [0.15, 0.2) is 48.5 Å². The number of primary amides is 1. The van der Waals surface area contributed by atoms with Gasteiger partial charge in [0, 0.05) is 11.1 Å². The van der Waals surface area contributed by atoms with Gasteiger partial charge in [0.05, 0.1) is 0 Å². The average Bonchev–Trinajstić information content (AvgIpc) is 2.62. The highest BCUT2D eigenvalue weighted by molar-refractivity contribution is 5.97. The van der Waals surface area contributed by atoms with E-state index in [1.807, 2.05) is 17.4 Å². The molecule has 0 aromatic heterocycles. The molecule has 3 N–H and O–H groups in total. The van der Waals surface area contributed by atoms with Crippen molar-refractivity contribution in [1.29, 1.82) is 0 Å². The Hall–Kier alpha value is -3.35. The molecule has 3 amide bonds. The first-order valence-electron chi connectivity index (χ1n) is 8.55. The summed E-state index contributed by atoms with van der Waals surface area (Å²) in [6.45, 7) is 3.43. The Bertz CT molecular complexity index is 848. The summed E-state index contributed by atoms with van der Waals surface area (Å²) in [4.78, 5) is 36.2. The van der Waals surface area contributed by atoms with Gasteiger partial charge in [0.15, 0.2) is 6.10 Å². The Morgan fingerprint density at radius 3 is 2.00 bits per heavy atom. The maximum Gasteiger partial charge on any atom is 0.319 e. The number of rotatable bonds is 4. The minimum atomic E-state index is -1.15. The second kappa shape index (κ2) is 7.49. The number of hydrogen-bond donors (Lipinski definition) is 2. The van der Waals surface area contributed by atoms with Crippen molar-refractivity contribution in [2.45, 2.75) is 25.9 Å². The molecule has 1 aliphatic rings. The largest absolute Gasteiger partial charge is 0.457 e. The standard InChI is InChI=1S/C20H20N2O5/c1-11(2)17(18(23)22-20(21)25)27-19(24)16-12-7-3-5-9-14(12)26-15-10-6-4-8-13(15)16/h3-11,16-17H,1-2H3,(H3,21,22,23,25)/t17-/m0/s1. The Morgan fingerprint density at radius 1 is 1.00 bits per heavy atom. The van der Waals surface area contributed by atoms with E-state index in [4.69, 9.17) is 15.2 Å². The molecular weight excluding hydrogens is 348 g/mol. The molecule has 0 aliphatic carbocycles. The molecule has 0 unspecified atom stereocenters. The Labute approximate surface area is 156 Å². The fourth-order valence-electron chi connectivity index (χ4n) is 3.04. The van der Waals surface area contributed by atoms with Crippen molar-refractivity contribution in [2.75, 3.05) is 0 Å². The number of amides is 3. The molecule has 0 spiro atoms. The van der Waals surface area contributed by atoms with Gasteiger partial charge in [-0.1, -0.05) is 50.2 Å². The van der Waals surface area contributed by atoms with Gasteiger partial charge in [-0.25, -0.2) is 4.79 Å². The third-order valence-electron chi connectivity index (χ3n) is 4.27. The molecule has 1 aliphatic heterocycles. The molecule has 7 heteroatoms. The summed E-state index contributed by atoms with van der Waals surface area (Å²) in [5.74, 6) is -1.33. The van der Waals surface area contributed by atoms with Gasteiger partial charge < -0.3 is 15.2 Å². The highest BCUT2D eigenvalue weighted by atomic mass is 16.6. The number of hydrogen-bond acceptors (Lipinski definition) is 5. The van der Waals surface area contributed by atoms with Gasteiger partial charge in [0.2, 0.25) is 0 Å². The van der Waals surface area contributed by atoms with Crippen LogP contribution in [0.4, 0.5) is 4.79 Å². The van der Waals surface area contributed by atoms with Crippen LogP contribution in [0, 0.1) is 5.92 Å². The summed E-state index contributed by atoms with van der Waals surface area (Å²) >= 11 is 0. The SMILES string of the molecule is CC(C)[C@H](OC(=O)C1c2ccccc2Oc2ccccc21)C(=O)NC(N)=O. The molecule has 1 atom stereocenters. The second-order valence-electron chi connectivity index (χ2n) is 6.57. The average molecular weight is 368 g/mol. The van der Waals surface area contributed by atoms with Crippen LogP contribution in [-0.2, 0) is 14.3 Å². The summed E-state index contributed by atoms with van der Waals surface area (Å²) in [6.07, 6.45) is -1.15. The van der Waals surface area contributed by atoms with Crippen molar-refractivity contribution in [3.05, 3.63) is 59.7 Å². The lowest BCUT2D eigenvalue weighted by molar-refractivity contribution is -0.159. The van der Waals surface area contributed by atoms with E-state index in [0.29, 0.717) is 22.6 Å². The number of nitrogens with one attached hydrogen (secondary N) is 1. The summed E-state index contributed by atoms with van der Waals surface area (Å²) in [6, 6.07) is 13.3. The molecule has 27 heavy (non-hydrogen) atoms. The van der Waals surface area contributed by atoms with Gasteiger partial charge >= 0.3 is 12.0 Å². The predicted molar refractivity (Wildman–Crippen MR) is 97.2 cm³/mol. The summed E-state index contributed by atoms with van der Waals surface area (Å²) < 4.78 is 11.4. The topological polar surface area (TPSA) is 108 Å². The third-order valence-corrected chi connectivity index (χ3v) is 4.27. The number of ether oxygens (including phenoxy) is 2. The summed E-state index contributed by atoms with van der Waals surface area (Å²) in [5, 5.41) is 1.97. The van der Waals surface area contributed by atoms with Crippen LogP contribution in [0.3, 0.4) is 0 Å². The minimum absolute atomic E-state index is 0.348. The van der Waals surface area contributed by atoms with E-state index in [1.165, 1.54) is 0 Å². The predicted octanol–water partition coefficient (Wildman–Crippen LogP) is 2.69. The molecule has 0 radical (unpaired) electrons. The van der Waals surface area contributed by atoms with E-state index in [9.17, 15) is 14.4 Å². The zero-order valence-corrected chi connectivity index (χ0v) is 15.0. The Balaban J connectivity index is 1.94. The van der Waals surface area contributed by atoms with Gasteiger partial charge in [0.25, 0.3) is 5.91 Å². The number of carbonyl (C=O) groups is 3. The fraction of sp³-hybridized carbons (Fsp3) is 0.250. The van der Waals surface area contributed by atoms with E-state index < -0.39 is 29.9 Å². The van der Waals surface area contributed by atoms with Crippen molar-refractivity contribution >= 4 is 17.9 Å². The molecule has 0 saturated carbocycles. The van der Waals surface area contributed by atoms with Crippen LogP contribution < -0.4 is 15.8 Å². The molecule has 0 saturated heterocycles. The first kappa shape index (κ1) is 18.4. The number of nitrogens with two attached hydrogens (primary N) is 1. The first-order chi connectivity index (χ1) is 12.9. The molecule has 3 rings (SSSR count). The van der Waals surface area contributed by atoms with E-state index >= 15 is 0 Å². The van der Waals surface area contributed by atoms with Crippen molar-refractivity contribution in [2.24, 2.45) is 11.7 Å². The van der Waals surface area contributed by atoms with E-state index in [0.717, 1.165) is 0 Å². The maximum absolute atomic E-state index is 13.1. The molecule has 2 aromatic carbocycles. The lowest BCUT2D eigenvalue weighted by Gasteiger charge is -2.28. The molecule has 7 nitrogen and oxygen atoms in total. The smallest absolute Gasteiger partial charge is 0.319 e. The summed E-state index contributed by atoms with van der Waals surface area (Å²) in [5.41, 5.74) is 6.31. The number of imide groups is 1. The monoisotopic (exact) mass is 368 g/mol. The van der Waals surface area contributed by atoms with E-state index in [1.54, 1.807) is 50.2 Å². The molecule has 1 heterocycles. The van der Waals surface area contributed by atoms with Crippen molar-refractivity contribution < 1.29 is 23.9 Å². The normalized spacial score (nSPS) is 13.7. The molecular formula is C20H20N2O5. The number of fused-ring (bicyclic) bond motifs is 2. The number of esters is 1. The highest BCUT2D eigenvalue weighted by Gasteiger charge is 2.37. The zero-order valence-electron chi connectivity index (χ0n) is 15.0. The number of urea groups is 1. The fourth-order valence-corrected chi connectivity index (χ4v) is 3.04. The summed E-state index contributed by atoms with van der Waals surface area (Å²) in [7, 11) is 0. The van der Waals surface area contributed by atoms with Crippen LogP contribution in [0.2, 0.25) is 0 Å². The molecule has 0 fully saturated rings. The highest BCUT2D eigenvalue weighted by Crippen LogP contribution is 2.44. The minimum Gasteiger partial charge on any atom is -0.457 e. The van der Waals surface area contributed by atoms with Crippen LogP contribution in [-0.4, -0.2) is 24.0 Å². The quantitative estimate of drug-likeness (QED) is 0.807. The van der Waals surface area contributed by atoms with Crippen molar-refractivity contribution in [3.8, 4) is 11.5 Å². The maximum atomic E-state index is 13.1. The lowest BCUT2D eigenvalue weighted by atomic mass is 9.88. The van der Waals surface area contributed by atoms with E-state index in [2.05, 4.69) is 0 Å². The third kappa shape index (κ3) is 3.76. The second-order valence-corrected chi connectivity index (χ2v) is 6.57. The van der Waals surface area contributed by atoms with Gasteiger partial charge in [-0.3, -0.25) is 14.9 Å². The van der Waals surface area contributed by atoms with Crippen molar-refractivity contribution in [3.63, 3.8) is 0 Å². The van der Waals surface area contributed by atoms with Crippen molar-refractivity contribution in [1.82, 2.24) is 5.32 Å². The van der Waals surface area contributed by atoms with Gasteiger partial charge in [0.1, 0.15) is 17.4 Å². The van der Waals surface area contributed by atoms with Crippen LogP contribution in [0.25, 0.3) is 0 Å². The number of para-hydroxylation sites is 2. The zero-order chi connectivity index (χ0) is 19.6. The van der Waals surface area contributed by atoms with Crippen LogP contribution in [0.1, 0.15) is 30.9 Å². The van der Waals surface area contributed by atoms with Gasteiger partial charge in [-0.05, 0) is 18.1 Å². The molecule has 0 bridgehead atoms. The molecule has 2 aromatic rings. The first-order valence-corrected chi connectivity index (χ1v) is 8.55. The molecule has 140 valence electrons. The number of carbonyl (C=O) groups excluding carboxylic acids is 3. The van der Waals surface area contributed by atoms with Crippen LogP contribution >= 0.6 is 0 Å². The Morgan fingerprint density at radius 2 is 1.52 bits per heavy atom. The van der Waals surface area contributed by atoms with E-state index in [-0.39, 0.29) is 5.92 Å². The number of benzene rings is 2. The van der Waals surface area contributed by atoms with Gasteiger partial charge in [-0.15, -0.1) is 0 Å². The lowest BCUT2D eigenvalue weighted by Crippen LogP contribution is -2.46. The Kier molecular flexibility index (Phi) is 5.12. The van der Waals surface area contributed by atoms with Crippen LogP contribution in [0.5, 0.6) is 11.5 Å². The van der Waals surface area contributed by atoms with Gasteiger partial charge in [-0.2, -0.15) is 0 Å².